The van der Waals surface area contributed by atoms with E-state index in [-0.39, 0.29) is 75.7 Å². The molecule has 66 heavy (non-hydrogen) atoms. The summed E-state index contributed by atoms with van der Waals surface area (Å²) < 4.78 is 26.6. The van der Waals surface area contributed by atoms with Gasteiger partial charge in [-0.2, -0.15) is 0 Å². The van der Waals surface area contributed by atoms with Crippen LogP contribution < -0.4 is 24.4 Å². The molecule has 9 rings (SSSR count). The zero-order valence-corrected chi connectivity index (χ0v) is 35.0. The molecule has 0 saturated carbocycles. The SMILES string of the molecule is COc1ccc([C@@H]2CC(=O)c3c(O)cc(O)cc3O2)cc1O.O=C(/C=C/C=C/c1ccc2c(c1)OCO2)N1CCCCC1.O=c1c(O)c(-c2cc(O)c(O)c(O)c2)oc2cc(O)cc(O)c12. The van der Waals surface area contributed by atoms with Crippen molar-refractivity contribution in [2.24, 2.45) is 0 Å². The van der Waals surface area contributed by atoms with Crippen molar-refractivity contribution in [3.8, 4) is 86.1 Å². The molecule has 1 aromatic heterocycles. The van der Waals surface area contributed by atoms with Crippen LogP contribution in [0.3, 0.4) is 0 Å². The van der Waals surface area contributed by atoms with Crippen molar-refractivity contribution < 1.29 is 78.9 Å². The van der Waals surface area contributed by atoms with Crippen molar-refractivity contribution in [1.82, 2.24) is 4.90 Å². The summed E-state index contributed by atoms with van der Waals surface area (Å²) in [6, 6.07) is 16.8. The average molecular weight is 906 g/mol. The molecule has 6 aromatic rings. The number of carbonyl (C=O) groups excluding carboxylic acids is 2. The van der Waals surface area contributed by atoms with Crippen molar-refractivity contribution in [3.05, 3.63) is 118 Å². The first-order chi connectivity index (χ1) is 31.6. The maximum absolute atomic E-state index is 12.2. The van der Waals surface area contributed by atoms with E-state index in [1.165, 1.54) is 25.7 Å². The van der Waals surface area contributed by atoms with Crippen molar-refractivity contribution in [2.75, 3.05) is 27.0 Å². The Morgan fingerprint density at radius 2 is 1.39 bits per heavy atom. The maximum Gasteiger partial charge on any atom is 0.246 e. The monoisotopic (exact) mass is 905 g/mol. The molecule has 0 unspecified atom stereocenters. The first kappa shape index (κ1) is 45.4. The third-order valence-electron chi connectivity index (χ3n) is 10.5. The highest BCUT2D eigenvalue weighted by Gasteiger charge is 2.31. The molecule has 3 aliphatic rings. The molecule has 342 valence electrons. The molecule has 1 fully saturated rings. The number of likely N-dealkylation sites (tertiary alicyclic amines) is 1. The number of amides is 1. The number of hydrogen-bond acceptors (Lipinski definition) is 17. The van der Waals surface area contributed by atoms with Crippen LogP contribution in [0, 0.1) is 0 Å². The van der Waals surface area contributed by atoms with Crippen molar-refractivity contribution in [3.63, 3.8) is 0 Å². The Hall–Kier alpha value is -8.67. The van der Waals surface area contributed by atoms with E-state index >= 15 is 0 Å². The summed E-state index contributed by atoms with van der Waals surface area (Å²) in [6.45, 7) is 2.05. The molecule has 18 heteroatoms. The second-order valence-corrected chi connectivity index (χ2v) is 15.0. The fraction of sp³-hybridized carbons (Fsp3) is 0.188. The van der Waals surface area contributed by atoms with E-state index < -0.39 is 46.0 Å². The molecule has 5 aromatic carbocycles. The Labute approximate surface area is 374 Å². The van der Waals surface area contributed by atoms with Crippen LogP contribution in [0.25, 0.3) is 28.4 Å². The lowest BCUT2D eigenvalue weighted by Gasteiger charge is -2.26. The van der Waals surface area contributed by atoms with Gasteiger partial charge in [0.15, 0.2) is 51.8 Å². The second-order valence-electron chi connectivity index (χ2n) is 15.0. The third kappa shape index (κ3) is 9.92. The molecule has 9 N–H and O–H groups in total. The van der Waals surface area contributed by atoms with Crippen LogP contribution in [0.1, 0.15) is 53.3 Å². The lowest BCUT2D eigenvalue weighted by atomic mass is 9.95. The number of phenols is 8. The van der Waals surface area contributed by atoms with Gasteiger partial charge in [0.2, 0.25) is 23.9 Å². The van der Waals surface area contributed by atoms with Crippen LogP contribution in [0.4, 0.5) is 0 Å². The molecule has 0 spiro atoms. The fourth-order valence-electron chi connectivity index (χ4n) is 7.27. The predicted molar refractivity (Wildman–Crippen MR) is 236 cm³/mol. The molecular formula is C48H43NO17. The van der Waals surface area contributed by atoms with Crippen molar-refractivity contribution in [1.29, 1.82) is 0 Å². The van der Waals surface area contributed by atoms with Gasteiger partial charge in [-0.25, -0.2) is 0 Å². The summed E-state index contributed by atoms with van der Waals surface area (Å²) in [5.74, 6) is -3.15. The van der Waals surface area contributed by atoms with Gasteiger partial charge in [0.25, 0.3) is 0 Å². The van der Waals surface area contributed by atoms with Gasteiger partial charge in [0, 0.05) is 49.0 Å². The minimum absolute atomic E-state index is 0.0249. The highest BCUT2D eigenvalue weighted by molar-refractivity contribution is 6.02. The summed E-state index contributed by atoms with van der Waals surface area (Å²) in [5, 5.41) is 86.3. The number of phenolic OH excluding ortho intramolecular Hbond substituents is 8. The number of fused-ring (bicyclic) bond motifs is 3. The highest BCUT2D eigenvalue weighted by atomic mass is 16.7. The number of ether oxygens (including phenoxy) is 4. The first-order valence-electron chi connectivity index (χ1n) is 20.2. The molecule has 1 atom stereocenters. The van der Waals surface area contributed by atoms with Crippen molar-refractivity contribution in [2.45, 2.75) is 31.8 Å². The maximum atomic E-state index is 12.2. The first-order valence-corrected chi connectivity index (χ1v) is 20.2. The van der Waals surface area contributed by atoms with Gasteiger partial charge >= 0.3 is 0 Å². The number of rotatable bonds is 6. The zero-order valence-electron chi connectivity index (χ0n) is 35.0. The zero-order chi connectivity index (χ0) is 47.2. The van der Waals surface area contributed by atoms with Crippen LogP contribution in [-0.2, 0) is 4.79 Å². The lowest BCUT2D eigenvalue weighted by Crippen LogP contribution is -2.34. The van der Waals surface area contributed by atoms with E-state index in [4.69, 9.17) is 23.4 Å². The molecule has 1 saturated heterocycles. The van der Waals surface area contributed by atoms with E-state index in [0.29, 0.717) is 11.3 Å². The summed E-state index contributed by atoms with van der Waals surface area (Å²) >= 11 is 0. The third-order valence-corrected chi connectivity index (χ3v) is 10.5. The molecule has 0 radical (unpaired) electrons. The number of ketones is 1. The smallest absolute Gasteiger partial charge is 0.246 e. The summed E-state index contributed by atoms with van der Waals surface area (Å²) in [4.78, 5) is 38.2. The number of methoxy groups -OCH3 is 1. The van der Waals surface area contributed by atoms with Crippen LogP contribution >= 0.6 is 0 Å². The van der Waals surface area contributed by atoms with Crippen LogP contribution in [0.2, 0.25) is 0 Å². The molecule has 0 bridgehead atoms. The van der Waals surface area contributed by atoms with E-state index in [0.717, 1.165) is 73.3 Å². The number of allylic oxidation sites excluding steroid dienone is 2. The molecule has 3 aliphatic heterocycles. The lowest BCUT2D eigenvalue weighted by molar-refractivity contribution is -0.126. The van der Waals surface area contributed by atoms with Crippen LogP contribution in [-0.4, -0.2) is 89.5 Å². The minimum Gasteiger partial charge on any atom is -0.508 e. The predicted octanol–water partition coefficient (Wildman–Crippen LogP) is 7.21. The Bertz CT molecular complexity index is 2930. The number of hydrogen-bond donors (Lipinski definition) is 9. The molecule has 0 aliphatic carbocycles. The fourth-order valence-corrected chi connectivity index (χ4v) is 7.27. The van der Waals surface area contributed by atoms with Gasteiger partial charge < -0.3 is 74.2 Å². The number of nitrogens with zero attached hydrogens (tertiary/aromatic N) is 1. The quantitative estimate of drug-likeness (QED) is 0.0453. The molecular weight excluding hydrogens is 863 g/mol. The highest BCUT2D eigenvalue weighted by Crippen LogP contribution is 2.44. The normalized spacial score (nSPS) is 15.1. The van der Waals surface area contributed by atoms with Gasteiger partial charge in [-0.15, -0.1) is 0 Å². The number of carbonyl (C=O) groups is 2. The van der Waals surface area contributed by atoms with Crippen LogP contribution in [0.15, 0.2) is 100 Å². The molecule has 4 heterocycles. The topological polar surface area (TPSA) is 287 Å². The number of benzene rings is 5. The minimum atomic E-state index is -0.967. The van der Waals surface area contributed by atoms with Gasteiger partial charge in [-0.05, 0) is 66.8 Å². The van der Waals surface area contributed by atoms with Gasteiger partial charge in [-0.3, -0.25) is 14.4 Å². The number of Topliss-reactive ketones (excluding diaryl/α,β-unsaturated/α-hetero) is 1. The van der Waals surface area contributed by atoms with E-state index in [1.807, 2.05) is 35.3 Å². The summed E-state index contributed by atoms with van der Waals surface area (Å²) in [5.41, 5.74) is 0.400. The van der Waals surface area contributed by atoms with E-state index in [2.05, 4.69) is 0 Å². The second kappa shape index (κ2) is 19.4. The Morgan fingerprint density at radius 3 is 2.11 bits per heavy atom. The largest absolute Gasteiger partial charge is 0.508 e. The number of aromatic hydroxyl groups is 9. The Balaban J connectivity index is 0.000000147. The average Bonchev–Trinajstić information content (AvgIpc) is 3.76. The summed E-state index contributed by atoms with van der Waals surface area (Å²) in [6.07, 6.45) is 10.1. The molecule has 1 amide bonds. The van der Waals surface area contributed by atoms with Crippen LogP contribution in [0.5, 0.6) is 74.7 Å². The van der Waals surface area contributed by atoms with Gasteiger partial charge in [0.1, 0.15) is 51.4 Å². The van der Waals surface area contributed by atoms with Gasteiger partial charge in [0.05, 0.1) is 13.5 Å². The van der Waals surface area contributed by atoms with E-state index in [9.17, 15) is 60.3 Å². The van der Waals surface area contributed by atoms with E-state index in [1.54, 1.807) is 24.3 Å². The van der Waals surface area contributed by atoms with Crippen molar-refractivity contribution >= 4 is 28.7 Å². The molecule has 18 nitrogen and oxygen atoms in total. The summed E-state index contributed by atoms with van der Waals surface area (Å²) in [7, 11) is 1.44. The van der Waals surface area contributed by atoms with Gasteiger partial charge in [-0.1, -0.05) is 30.4 Å². The standard InChI is InChI=1S/C17H19NO3.C16H14O6.C15H10O8/c19-17(18-10-4-1-5-11-18)7-3-2-6-14-8-9-15-16(12-14)21-13-20-15;1-21-13-3-2-8(4-10(13)18)14-7-12(20)16-11(19)5-9(17)6-15(16)22-14;16-6-3-7(17)11-10(4-6)23-15(14(22)13(11)21)5-1-8(18)12(20)9(19)2-5/h2-3,6-9,12H,1,4-5,10-11,13H2;2-6,14,17-19H,7H2,1H3;1-4,16-20,22H/b6-2+,7-3+;;/t;14-;/m.0./s1. The Morgan fingerprint density at radius 1 is 0.697 bits per heavy atom. The number of piperidine rings is 1. The Kier molecular flexibility index (Phi) is 13.3.